The number of rotatable bonds is 6. The van der Waals surface area contributed by atoms with Crippen molar-refractivity contribution >= 4 is 15.7 Å². The first kappa shape index (κ1) is 15.5. The number of aliphatic hydroxyl groups is 1. The van der Waals surface area contributed by atoms with Crippen LogP contribution < -0.4 is 4.31 Å². The molecule has 0 fully saturated rings. The average molecular weight is 309 g/mol. The van der Waals surface area contributed by atoms with Crippen LogP contribution in [-0.2, 0) is 16.6 Å². The van der Waals surface area contributed by atoms with E-state index in [4.69, 9.17) is 5.11 Å². The van der Waals surface area contributed by atoms with Gasteiger partial charge >= 0.3 is 0 Å². The van der Waals surface area contributed by atoms with Gasteiger partial charge in [-0.2, -0.15) is 5.10 Å². The molecule has 0 aliphatic heterocycles. The molecular weight excluding hydrogens is 290 g/mol. The maximum atomic E-state index is 12.7. The molecule has 0 atom stereocenters. The second-order valence-corrected chi connectivity index (χ2v) is 6.53. The van der Waals surface area contributed by atoms with Gasteiger partial charge in [0, 0.05) is 12.7 Å². The van der Waals surface area contributed by atoms with Crippen molar-refractivity contribution in [3.63, 3.8) is 0 Å². The summed E-state index contributed by atoms with van der Waals surface area (Å²) in [6.45, 7) is 4.25. The Labute approximate surface area is 124 Å². The van der Waals surface area contributed by atoms with Gasteiger partial charge in [-0.3, -0.25) is 8.99 Å². The Hall–Kier alpha value is -1.86. The van der Waals surface area contributed by atoms with Crippen molar-refractivity contribution in [2.45, 2.75) is 25.3 Å². The predicted molar refractivity (Wildman–Crippen MR) is 80.7 cm³/mol. The van der Waals surface area contributed by atoms with Gasteiger partial charge in [0.05, 0.1) is 25.0 Å². The fourth-order valence-electron chi connectivity index (χ4n) is 2.03. The van der Waals surface area contributed by atoms with Gasteiger partial charge in [-0.1, -0.05) is 17.7 Å². The van der Waals surface area contributed by atoms with Crippen LogP contribution in [0.1, 0.15) is 12.5 Å². The van der Waals surface area contributed by atoms with Crippen molar-refractivity contribution in [1.29, 1.82) is 0 Å². The molecule has 1 aromatic heterocycles. The van der Waals surface area contributed by atoms with Crippen molar-refractivity contribution in [2.75, 3.05) is 17.5 Å². The minimum absolute atomic E-state index is 0.0867. The van der Waals surface area contributed by atoms with E-state index in [1.807, 2.05) is 19.1 Å². The summed E-state index contributed by atoms with van der Waals surface area (Å²) >= 11 is 0. The maximum absolute atomic E-state index is 12.7. The molecule has 0 spiro atoms. The number of nitrogens with zero attached hydrogens (tertiary/aromatic N) is 3. The molecule has 1 heterocycles. The summed E-state index contributed by atoms with van der Waals surface area (Å²) in [5.74, 6) is 0. The molecule has 114 valence electrons. The summed E-state index contributed by atoms with van der Waals surface area (Å²) in [7, 11) is -3.65. The smallest absolute Gasteiger partial charge is 0.267 e. The molecule has 7 heteroatoms. The second kappa shape index (κ2) is 6.28. The van der Waals surface area contributed by atoms with E-state index in [0.29, 0.717) is 12.2 Å². The van der Waals surface area contributed by atoms with E-state index in [2.05, 4.69) is 5.10 Å². The van der Waals surface area contributed by atoms with Gasteiger partial charge in [0.25, 0.3) is 10.0 Å². The van der Waals surface area contributed by atoms with Crippen LogP contribution >= 0.6 is 0 Å². The molecule has 1 aromatic carbocycles. The van der Waals surface area contributed by atoms with Crippen LogP contribution in [0.25, 0.3) is 0 Å². The molecule has 1 N–H and O–H groups in total. The highest BCUT2D eigenvalue weighted by molar-refractivity contribution is 7.92. The highest BCUT2D eigenvalue weighted by Gasteiger charge is 2.25. The first-order valence-corrected chi connectivity index (χ1v) is 8.15. The summed E-state index contributed by atoms with van der Waals surface area (Å²) < 4.78 is 28.1. The normalized spacial score (nSPS) is 11.6. The lowest BCUT2D eigenvalue weighted by atomic mass is 10.2. The minimum Gasteiger partial charge on any atom is -0.394 e. The second-order valence-electron chi connectivity index (χ2n) is 4.67. The van der Waals surface area contributed by atoms with E-state index < -0.39 is 10.0 Å². The van der Waals surface area contributed by atoms with E-state index in [1.54, 1.807) is 19.1 Å². The van der Waals surface area contributed by atoms with Crippen molar-refractivity contribution in [2.24, 2.45) is 0 Å². The Morgan fingerprint density at radius 1 is 1.29 bits per heavy atom. The zero-order valence-corrected chi connectivity index (χ0v) is 12.9. The first-order chi connectivity index (χ1) is 9.98. The number of aromatic nitrogens is 2. The van der Waals surface area contributed by atoms with Crippen LogP contribution in [-0.4, -0.2) is 36.5 Å². The van der Waals surface area contributed by atoms with E-state index in [9.17, 15) is 8.42 Å². The first-order valence-electron chi connectivity index (χ1n) is 6.71. The summed E-state index contributed by atoms with van der Waals surface area (Å²) in [4.78, 5) is 0.123. The third kappa shape index (κ3) is 3.25. The van der Waals surface area contributed by atoms with Gasteiger partial charge in [0.15, 0.2) is 0 Å². The Bertz CT molecular complexity index is 693. The lowest BCUT2D eigenvalue weighted by Gasteiger charge is -2.22. The van der Waals surface area contributed by atoms with Crippen molar-refractivity contribution in [3.8, 4) is 0 Å². The third-order valence-electron chi connectivity index (χ3n) is 3.14. The summed E-state index contributed by atoms with van der Waals surface area (Å²) in [5, 5.41) is 12.8. The molecule has 2 rings (SSSR count). The minimum atomic E-state index is -3.65. The van der Waals surface area contributed by atoms with Gasteiger partial charge in [-0.15, -0.1) is 0 Å². The number of hydrogen-bond acceptors (Lipinski definition) is 4. The Morgan fingerprint density at radius 2 is 1.95 bits per heavy atom. The molecular formula is C14H19N3O3S. The molecule has 2 aromatic rings. The highest BCUT2D eigenvalue weighted by atomic mass is 32.2. The summed E-state index contributed by atoms with van der Waals surface area (Å²) in [6.07, 6.45) is 2.74. The molecule has 0 saturated heterocycles. The monoisotopic (exact) mass is 309 g/mol. The van der Waals surface area contributed by atoms with Crippen molar-refractivity contribution in [3.05, 3.63) is 42.2 Å². The molecule has 0 saturated carbocycles. The van der Waals surface area contributed by atoms with E-state index in [0.717, 1.165) is 5.56 Å². The number of sulfonamides is 1. The topological polar surface area (TPSA) is 75.4 Å². The van der Waals surface area contributed by atoms with E-state index >= 15 is 0 Å². The molecule has 0 amide bonds. The van der Waals surface area contributed by atoms with Crippen LogP contribution in [0.4, 0.5) is 5.69 Å². The zero-order valence-electron chi connectivity index (χ0n) is 12.1. The molecule has 0 unspecified atom stereocenters. The van der Waals surface area contributed by atoms with Crippen molar-refractivity contribution in [1.82, 2.24) is 9.78 Å². The molecule has 0 aliphatic rings. The molecule has 21 heavy (non-hydrogen) atoms. The molecule has 0 aliphatic carbocycles. The van der Waals surface area contributed by atoms with Gasteiger partial charge in [-0.25, -0.2) is 8.42 Å². The van der Waals surface area contributed by atoms with Crippen LogP contribution in [0, 0.1) is 6.92 Å². The quantitative estimate of drug-likeness (QED) is 0.875. The Morgan fingerprint density at radius 3 is 2.52 bits per heavy atom. The number of aliphatic hydroxyl groups excluding tert-OH is 1. The van der Waals surface area contributed by atoms with E-state index in [-0.39, 0.29) is 18.0 Å². The third-order valence-corrected chi connectivity index (χ3v) is 4.99. The number of benzene rings is 1. The van der Waals surface area contributed by atoms with Gasteiger partial charge < -0.3 is 5.11 Å². The van der Waals surface area contributed by atoms with Crippen LogP contribution in [0.2, 0.25) is 0 Å². The molecule has 6 nitrogen and oxygen atoms in total. The van der Waals surface area contributed by atoms with Crippen molar-refractivity contribution < 1.29 is 13.5 Å². The lowest BCUT2D eigenvalue weighted by molar-refractivity contribution is 0.269. The average Bonchev–Trinajstić information content (AvgIpc) is 2.91. The SMILES string of the molecule is CCN(c1ccc(C)cc1)S(=O)(=O)c1cnn(CCO)c1. The van der Waals surface area contributed by atoms with Crippen LogP contribution in [0.3, 0.4) is 0 Å². The van der Waals surface area contributed by atoms with E-state index in [1.165, 1.54) is 21.4 Å². The van der Waals surface area contributed by atoms with Gasteiger partial charge in [0.1, 0.15) is 4.90 Å². The fourth-order valence-corrected chi connectivity index (χ4v) is 3.46. The molecule has 0 bridgehead atoms. The zero-order chi connectivity index (χ0) is 15.5. The summed E-state index contributed by atoms with van der Waals surface area (Å²) in [6, 6.07) is 7.33. The van der Waals surface area contributed by atoms with Crippen LogP contribution in [0.5, 0.6) is 0 Å². The Balaban J connectivity index is 2.36. The Kier molecular flexibility index (Phi) is 4.64. The predicted octanol–water partition coefficient (Wildman–Crippen LogP) is 1.40. The maximum Gasteiger partial charge on any atom is 0.267 e. The molecule has 0 radical (unpaired) electrons. The lowest BCUT2D eigenvalue weighted by Crippen LogP contribution is -2.30. The standard InChI is InChI=1S/C14H19N3O3S/c1-3-17(13-6-4-12(2)5-7-13)21(19,20)14-10-15-16(11-14)8-9-18/h4-7,10-11,18H,3,8-9H2,1-2H3. The number of aryl methyl sites for hydroxylation is 1. The van der Waals surface area contributed by atoms with Gasteiger partial charge in [0.2, 0.25) is 0 Å². The largest absolute Gasteiger partial charge is 0.394 e. The number of hydrogen-bond donors (Lipinski definition) is 1. The summed E-state index contributed by atoms with van der Waals surface area (Å²) in [5.41, 5.74) is 1.70. The van der Waals surface area contributed by atoms with Gasteiger partial charge in [-0.05, 0) is 26.0 Å². The van der Waals surface area contributed by atoms with Crippen LogP contribution in [0.15, 0.2) is 41.6 Å². The highest BCUT2D eigenvalue weighted by Crippen LogP contribution is 2.23. The fraction of sp³-hybridized carbons (Fsp3) is 0.357. The number of anilines is 1.